The minimum atomic E-state index is -0.224. The maximum atomic E-state index is 12.3. The van der Waals surface area contributed by atoms with E-state index in [0.29, 0.717) is 23.7 Å². The first-order valence-corrected chi connectivity index (χ1v) is 6.58. The zero-order valence-corrected chi connectivity index (χ0v) is 14.1. The summed E-state index contributed by atoms with van der Waals surface area (Å²) in [5.74, 6) is 0.442. The van der Waals surface area contributed by atoms with Gasteiger partial charge in [0.05, 0.1) is 18.7 Å². The molecular weight excluding hydrogens is 454 g/mol. The number of nitrogens with zero attached hydrogens (tertiary/aromatic N) is 2. The minimum Gasteiger partial charge on any atom is -0.313 e. The average Bonchev–Trinajstić information content (AvgIpc) is 2.88. The molecule has 3 amide bonds. The molecule has 6 nitrogen and oxygen atoms in total. The SMILES string of the molecule is O=C1Cc2c(ncc3c2NC(=O)N(c2[c-]cccc2)C3)N1.[Re]. The predicted octanol–water partition coefficient (Wildman–Crippen LogP) is 1.93. The first kappa shape index (κ1) is 14.7. The molecule has 0 unspecified atom stereocenters. The Bertz CT molecular complexity index is 764. The molecule has 0 saturated carbocycles. The van der Waals surface area contributed by atoms with Gasteiger partial charge < -0.3 is 15.5 Å². The average molecular weight is 465 g/mol. The van der Waals surface area contributed by atoms with Crippen LogP contribution in [0.3, 0.4) is 0 Å². The van der Waals surface area contributed by atoms with E-state index < -0.39 is 0 Å². The number of amides is 3. The van der Waals surface area contributed by atoms with Crippen LogP contribution in [0.5, 0.6) is 0 Å². The number of pyridine rings is 1. The second-order valence-corrected chi connectivity index (χ2v) is 4.97. The van der Waals surface area contributed by atoms with Gasteiger partial charge in [-0.2, -0.15) is 24.3 Å². The van der Waals surface area contributed by atoms with E-state index in [1.807, 2.05) is 18.2 Å². The van der Waals surface area contributed by atoms with Crippen LogP contribution in [0.4, 0.5) is 22.0 Å². The van der Waals surface area contributed by atoms with Gasteiger partial charge in [0, 0.05) is 37.7 Å². The van der Waals surface area contributed by atoms with E-state index in [1.54, 1.807) is 17.2 Å². The molecule has 4 rings (SSSR count). The van der Waals surface area contributed by atoms with Gasteiger partial charge in [0.2, 0.25) is 5.91 Å². The molecule has 0 bridgehead atoms. The Labute approximate surface area is 140 Å². The number of anilines is 3. The number of urea groups is 1. The molecule has 0 saturated heterocycles. The van der Waals surface area contributed by atoms with Crippen molar-refractivity contribution in [3.05, 3.63) is 47.7 Å². The molecule has 0 aliphatic carbocycles. The molecule has 22 heavy (non-hydrogen) atoms. The number of rotatable bonds is 1. The van der Waals surface area contributed by atoms with Crippen molar-refractivity contribution in [2.75, 3.05) is 15.5 Å². The van der Waals surface area contributed by atoms with E-state index in [4.69, 9.17) is 0 Å². The molecule has 1 aromatic carbocycles. The molecule has 2 aromatic rings. The number of carbonyl (C=O) groups is 2. The number of para-hydroxylation sites is 1. The van der Waals surface area contributed by atoms with Gasteiger partial charge in [0.15, 0.2) is 0 Å². The molecule has 0 atom stereocenters. The quantitative estimate of drug-likeness (QED) is 0.633. The predicted molar refractivity (Wildman–Crippen MR) is 77.1 cm³/mol. The zero-order chi connectivity index (χ0) is 14.4. The van der Waals surface area contributed by atoms with Crippen LogP contribution in [0.2, 0.25) is 0 Å². The van der Waals surface area contributed by atoms with E-state index in [-0.39, 0.29) is 38.8 Å². The van der Waals surface area contributed by atoms with Crippen LogP contribution < -0.4 is 15.5 Å². The van der Waals surface area contributed by atoms with Crippen molar-refractivity contribution >= 4 is 29.1 Å². The second-order valence-electron chi connectivity index (χ2n) is 4.97. The standard InChI is InChI=1S/C15H11N4O2.Re/c20-12-6-11-13-9(7-16-14(11)17-12)8-19(15(21)18-13)10-4-2-1-3-5-10;/h1-4,7H,6,8H2,(H,18,21)(H,16,17,20);/q-1;. The van der Waals surface area contributed by atoms with Crippen molar-refractivity contribution in [2.45, 2.75) is 13.0 Å². The van der Waals surface area contributed by atoms with Crippen molar-refractivity contribution in [1.82, 2.24) is 4.98 Å². The smallest absolute Gasteiger partial charge is 0.313 e. The summed E-state index contributed by atoms with van der Waals surface area (Å²) in [4.78, 5) is 29.6. The molecule has 1 aromatic heterocycles. The van der Waals surface area contributed by atoms with E-state index in [0.717, 1.165) is 11.1 Å². The third kappa shape index (κ3) is 2.29. The van der Waals surface area contributed by atoms with E-state index >= 15 is 0 Å². The van der Waals surface area contributed by atoms with Crippen LogP contribution in [-0.4, -0.2) is 16.9 Å². The van der Waals surface area contributed by atoms with Crippen molar-refractivity contribution in [3.63, 3.8) is 0 Å². The molecular formula is C15H11N4O2Re-. The molecule has 0 spiro atoms. The number of nitrogens with one attached hydrogen (secondary N) is 2. The zero-order valence-electron chi connectivity index (χ0n) is 11.4. The Morgan fingerprint density at radius 3 is 2.86 bits per heavy atom. The summed E-state index contributed by atoms with van der Waals surface area (Å²) in [6, 6.07) is 10.1. The fraction of sp³-hybridized carbons (Fsp3) is 0.133. The minimum absolute atomic E-state index is 0. The number of carbonyl (C=O) groups excluding carboxylic acids is 2. The Morgan fingerprint density at radius 2 is 2.09 bits per heavy atom. The van der Waals surface area contributed by atoms with Gasteiger partial charge in [-0.15, -0.1) is 6.07 Å². The van der Waals surface area contributed by atoms with Gasteiger partial charge >= 0.3 is 6.03 Å². The van der Waals surface area contributed by atoms with Crippen LogP contribution >= 0.6 is 0 Å². The van der Waals surface area contributed by atoms with E-state index in [9.17, 15) is 9.59 Å². The Morgan fingerprint density at radius 1 is 1.23 bits per heavy atom. The Hall–Kier alpha value is -2.23. The van der Waals surface area contributed by atoms with Gasteiger partial charge in [-0.3, -0.25) is 4.79 Å². The summed E-state index contributed by atoms with van der Waals surface area (Å²) in [7, 11) is 0. The van der Waals surface area contributed by atoms with Gasteiger partial charge in [-0.1, -0.05) is 5.69 Å². The van der Waals surface area contributed by atoms with Gasteiger partial charge in [0.25, 0.3) is 0 Å². The maximum absolute atomic E-state index is 12.3. The number of fused-ring (bicyclic) bond motifs is 3. The van der Waals surface area contributed by atoms with Crippen LogP contribution in [0.1, 0.15) is 11.1 Å². The summed E-state index contributed by atoms with van der Waals surface area (Å²) in [5, 5.41) is 5.55. The molecule has 0 fully saturated rings. The second kappa shape index (κ2) is 5.52. The Balaban J connectivity index is 0.00000144. The fourth-order valence-corrected chi connectivity index (χ4v) is 2.65. The van der Waals surface area contributed by atoms with Crippen LogP contribution in [-0.2, 0) is 38.2 Å². The molecule has 2 aliphatic heterocycles. The number of hydrogen-bond donors (Lipinski definition) is 2. The number of aromatic nitrogens is 1. The Kier molecular flexibility index (Phi) is 3.69. The van der Waals surface area contributed by atoms with E-state index in [1.165, 1.54) is 0 Å². The van der Waals surface area contributed by atoms with E-state index in [2.05, 4.69) is 21.7 Å². The normalized spacial score (nSPS) is 15.4. The summed E-state index contributed by atoms with van der Waals surface area (Å²) in [5.41, 5.74) is 3.07. The monoisotopic (exact) mass is 466 g/mol. The molecule has 2 aliphatic rings. The van der Waals surface area contributed by atoms with Crippen LogP contribution in [0, 0.1) is 6.07 Å². The van der Waals surface area contributed by atoms with Gasteiger partial charge in [-0.05, 0) is 0 Å². The van der Waals surface area contributed by atoms with Gasteiger partial charge in [-0.25, -0.2) is 9.78 Å². The molecule has 1 radical (unpaired) electrons. The first-order valence-electron chi connectivity index (χ1n) is 6.58. The molecule has 7 heteroatoms. The number of hydrogen-bond acceptors (Lipinski definition) is 3. The van der Waals surface area contributed by atoms with Crippen LogP contribution in [0.25, 0.3) is 0 Å². The summed E-state index contributed by atoms with van der Waals surface area (Å²) in [6.45, 7) is 0.413. The van der Waals surface area contributed by atoms with Crippen molar-refractivity contribution < 1.29 is 30.0 Å². The third-order valence-electron chi connectivity index (χ3n) is 3.64. The third-order valence-corrected chi connectivity index (χ3v) is 3.64. The van der Waals surface area contributed by atoms with Gasteiger partial charge in [0.1, 0.15) is 5.82 Å². The molecule has 3 heterocycles. The van der Waals surface area contributed by atoms with Crippen LogP contribution in [0.15, 0.2) is 30.5 Å². The summed E-state index contributed by atoms with van der Waals surface area (Å²) >= 11 is 0. The van der Waals surface area contributed by atoms with Crippen molar-refractivity contribution in [3.8, 4) is 0 Å². The molecule has 111 valence electrons. The topological polar surface area (TPSA) is 74.3 Å². The van der Waals surface area contributed by atoms with Crippen molar-refractivity contribution in [1.29, 1.82) is 0 Å². The maximum Gasteiger partial charge on any atom is 0.324 e. The van der Waals surface area contributed by atoms with Crippen molar-refractivity contribution in [2.24, 2.45) is 0 Å². The summed E-state index contributed by atoms with van der Waals surface area (Å²) < 4.78 is 0. The molecule has 2 N–H and O–H groups in total. The number of benzene rings is 1. The largest absolute Gasteiger partial charge is 0.324 e. The summed E-state index contributed by atoms with van der Waals surface area (Å²) in [6.07, 6.45) is 1.94. The first-order chi connectivity index (χ1) is 10.2. The fourth-order valence-electron chi connectivity index (χ4n) is 2.65.